The van der Waals surface area contributed by atoms with Crippen LogP contribution in [-0.2, 0) is 4.74 Å². The zero-order valence-electron chi connectivity index (χ0n) is 10.3. The Morgan fingerprint density at radius 2 is 2.33 bits per heavy atom. The van der Waals surface area contributed by atoms with E-state index in [-0.39, 0.29) is 6.04 Å². The molecule has 2 rings (SSSR count). The minimum Gasteiger partial charge on any atom is -0.458 e. The van der Waals surface area contributed by atoms with Crippen molar-refractivity contribution in [3.63, 3.8) is 0 Å². The van der Waals surface area contributed by atoms with Crippen LogP contribution < -0.4 is 11.3 Å². The molecule has 98 valence electrons. The van der Waals surface area contributed by atoms with Crippen LogP contribution in [0.2, 0.25) is 5.02 Å². The summed E-state index contributed by atoms with van der Waals surface area (Å²) >= 11 is 6.08. The Balaban J connectivity index is 2.20. The van der Waals surface area contributed by atoms with Crippen molar-refractivity contribution in [2.75, 3.05) is 13.7 Å². The molecule has 1 aromatic carbocycles. The van der Waals surface area contributed by atoms with E-state index in [9.17, 15) is 0 Å². The number of methoxy groups -OCH3 is 1. The molecule has 2 aromatic rings. The molecule has 18 heavy (non-hydrogen) atoms. The van der Waals surface area contributed by atoms with Crippen LogP contribution in [0.3, 0.4) is 0 Å². The zero-order valence-corrected chi connectivity index (χ0v) is 11.0. The van der Waals surface area contributed by atoms with Crippen molar-refractivity contribution in [1.82, 2.24) is 5.43 Å². The standard InChI is InChI=1S/C13H17ClN2O2/c1-17-7-3-6-11(16-15)12-8-9-4-2-5-10(14)13(9)18-12/h2,4-5,8,11,16H,3,6-7,15H2,1H3. The molecule has 0 aliphatic carbocycles. The van der Waals surface area contributed by atoms with Gasteiger partial charge in [-0.3, -0.25) is 5.84 Å². The van der Waals surface area contributed by atoms with E-state index in [4.69, 9.17) is 26.6 Å². The fourth-order valence-electron chi connectivity index (χ4n) is 1.96. The van der Waals surface area contributed by atoms with Gasteiger partial charge in [0.25, 0.3) is 0 Å². The monoisotopic (exact) mass is 268 g/mol. The number of furan rings is 1. The van der Waals surface area contributed by atoms with Crippen molar-refractivity contribution in [3.05, 3.63) is 35.0 Å². The zero-order chi connectivity index (χ0) is 13.0. The first-order valence-electron chi connectivity index (χ1n) is 5.89. The minimum absolute atomic E-state index is 0.0244. The minimum atomic E-state index is -0.0244. The number of ether oxygens (including phenoxy) is 1. The molecule has 1 aromatic heterocycles. The lowest BCUT2D eigenvalue weighted by atomic mass is 10.1. The van der Waals surface area contributed by atoms with E-state index >= 15 is 0 Å². The number of benzene rings is 1. The second-order valence-corrected chi connectivity index (χ2v) is 4.57. The van der Waals surface area contributed by atoms with Crippen molar-refractivity contribution < 1.29 is 9.15 Å². The topological polar surface area (TPSA) is 60.4 Å². The number of nitrogens with two attached hydrogens (primary N) is 1. The van der Waals surface area contributed by atoms with Crippen LogP contribution in [-0.4, -0.2) is 13.7 Å². The smallest absolute Gasteiger partial charge is 0.152 e. The first-order valence-corrected chi connectivity index (χ1v) is 6.27. The fourth-order valence-corrected chi connectivity index (χ4v) is 2.18. The number of hydrazine groups is 1. The molecule has 0 spiro atoms. The highest BCUT2D eigenvalue weighted by Crippen LogP contribution is 2.30. The largest absolute Gasteiger partial charge is 0.458 e. The number of hydrogen-bond acceptors (Lipinski definition) is 4. The third-order valence-electron chi connectivity index (χ3n) is 2.90. The van der Waals surface area contributed by atoms with Gasteiger partial charge in [0.05, 0.1) is 11.1 Å². The maximum absolute atomic E-state index is 6.08. The predicted octanol–water partition coefficient (Wildman–Crippen LogP) is 3.02. The molecule has 3 N–H and O–H groups in total. The Labute approximate surface area is 111 Å². The van der Waals surface area contributed by atoms with Crippen LogP contribution >= 0.6 is 11.6 Å². The van der Waals surface area contributed by atoms with Gasteiger partial charge in [0.2, 0.25) is 0 Å². The summed E-state index contributed by atoms with van der Waals surface area (Å²) in [5, 5.41) is 1.61. The molecule has 4 nitrogen and oxygen atoms in total. The molecule has 0 aliphatic heterocycles. The van der Waals surface area contributed by atoms with Gasteiger partial charge in [0, 0.05) is 19.1 Å². The first kappa shape index (κ1) is 13.4. The van der Waals surface area contributed by atoms with Crippen LogP contribution in [0.15, 0.2) is 28.7 Å². The van der Waals surface area contributed by atoms with Crippen molar-refractivity contribution in [2.45, 2.75) is 18.9 Å². The Morgan fingerprint density at radius 3 is 3.00 bits per heavy atom. The summed E-state index contributed by atoms with van der Waals surface area (Å²) < 4.78 is 10.8. The molecule has 0 radical (unpaired) electrons. The molecule has 1 heterocycles. The lowest BCUT2D eigenvalue weighted by Crippen LogP contribution is -2.27. The number of para-hydroxylation sites is 1. The molecule has 0 bridgehead atoms. The van der Waals surface area contributed by atoms with Gasteiger partial charge in [-0.15, -0.1) is 0 Å². The maximum Gasteiger partial charge on any atom is 0.152 e. The molecule has 0 saturated carbocycles. The third-order valence-corrected chi connectivity index (χ3v) is 3.20. The third kappa shape index (κ3) is 2.84. The lowest BCUT2D eigenvalue weighted by molar-refractivity contribution is 0.187. The summed E-state index contributed by atoms with van der Waals surface area (Å²) in [7, 11) is 1.69. The number of hydrogen-bond donors (Lipinski definition) is 2. The van der Waals surface area contributed by atoms with Gasteiger partial charge in [-0.05, 0) is 25.0 Å². The molecule has 0 aliphatic rings. The van der Waals surface area contributed by atoms with Gasteiger partial charge in [0.15, 0.2) is 5.58 Å². The Hall–Kier alpha value is -1.07. The predicted molar refractivity (Wildman–Crippen MR) is 72.4 cm³/mol. The van der Waals surface area contributed by atoms with E-state index < -0.39 is 0 Å². The van der Waals surface area contributed by atoms with E-state index in [0.29, 0.717) is 17.2 Å². The van der Waals surface area contributed by atoms with Crippen LogP contribution in [0.1, 0.15) is 24.6 Å². The number of halogens is 1. The normalized spacial score (nSPS) is 13.1. The Morgan fingerprint density at radius 1 is 1.50 bits per heavy atom. The molecule has 5 heteroatoms. The van der Waals surface area contributed by atoms with Gasteiger partial charge < -0.3 is 9.15 Å². The number of nitrogens with one attached hydrogen (secondary N) is 1. The quantitative estimate of drug-likeness (QED) is 0.480. The van der Waals surface area contributed by atoms with Crippen LogP contribution in [0, 0.1) is 0 Å². The fraction of sp³-hybridized carbons (Fsp3) is 0.385. The van der Waals surface area contributed by atoms with Crippen molar-refractivity contribution in [3.8, 4) is 0 Å². The van der Waals surface area contributed by atoms with Gasteiger partial charge in [0.1, 0.15) is 5.76 Å². The van der Waals surface area contributed by atoms with Crippen molar-refractivity contribution >= 4 is 22.6 Å². The summed E-state index contributed by atoms with van der Waals surface area (Å²) in [6.45, 7) is 0.708. The molecule has 0 amide bonds. The highest BCUT2D eigenvalue weighted by molar-refractivity contribution is 6.34. The molecular weight excluding hydrogens is 252 g/mol. The highest BCUT2D eigenvalue weighted by Gasteiger charge is 2.15. The van der Waals surface area contributed by atoms with Crippen molar-refractivity contribution in [2.24, 2.45) is 5.84 Å². The summed E-state index contributed by atoms with van der Waals surface area (Å²) in [5.41, 5.74) is 3.47. The molecule has 0 saturated heterocycles. The second-order valence-electron chi connectivity index (χ2n) is 4.16. The van der Waals surface area contributed by atoms with Gasteiger partial charge in [-0.25, -0.2) is 5.43 Å². The summed E-state index contributed by atoms with van der Waals surface area (Å²) in [6.07, 6.45) is 1.76. The Kier molecular flexibility index (Phi) is 4.60. The van der Waals surface area contributed by atoms with Crippen LogP contribution in [0.4, 0.5) is 0 Å². The van der Waals surface area contributed by atoms with E-state index in [1.165, 1.54) is 0 Å². The summed E-state index contributed by atoms with van der Waals surface area (Å²) in [6, 6.07) is 7.63. The van der Waals surface area contributed by atoms with E-state index in [1.54, 1.807) is 7.11 Å². The molecular formula is C13H17ClN2O2. The maximum atomic E-state index is 6.08. The highest BCUT2D eigenvalue weighted by atomic mass is 35.5. The number of rotatable bonds is 6. The molecule has 0 fully saturated rings. The van der Waals surface area contributed by atoms with Crippen LogP contribution in [0.5, 0.6) is 0 Å². The van der Waals surface area contributed by atoms with E-state index in [2.05, 4.69) is 5.43 Å². The van der Waals surface area contributed by atoms with Gasteiger partial charge in [-0.2, -0.15) is 0 Å². The van der Waals surface area contributed by atoms with Crippen molar-refractivity contribution in [1.29, 1.82) is 0 Å². The summed E-state index contributed by atoms with van der Waals surface area (Å²) in [5.74, 6) is 6.37. The second kappa shape index (κ2) is 6.20. The van der Waals surface area contributed by atoms with Gasteiger partial charge >= 0.3 is 0 Å². The SMILES string of the molecule is COCCCC(NN)c1cc2cccc(Cl)c2o1. The van der Waals surface area contributed by atoms with E-state index in [0.717, 1.165) is 24.0 Å². The van der Waals surface area contributed by atoms with Gasteiger partial charge in [-0.1, -0.05) is 23.7 Å². The number of fused-ring (bicyclic) bond motifs is 1. The molecule has 1 unspecified atom stereocenters. The lowest BCUT2D eigenvalue weighted by Gasteiger charge is -2.12. The average Bonchev–Trinajstić information content (AvgIpc) is 2.80. The van der Waals surface area contributed by atoms with Crippen LogP contribution in [0.25, 0.3) is 11.0 Å². The summed E-state index contributed by atoms with van der Waals surface area (Å²) in [4.78, 5) is 0. The molecule has 1 atom stereocenters. The van der Waals surface area contributed by atoms with E-state index in [1.807, 2.05) is 24.3 Å². The first-order chi connectivity index (χ1) is 8.76. The Bertz CT molecular complexity index is 513. The average molecular weight is 269 g/mol.